The van der Waals surface area contributed by atoms with Gasteiger partial charge in [-0.05, 0) is 43.2 Å². The SMILES string of the molecule is CCN(CC(=O)N1CCN(c2ccccc2OC)CC1)S(=O)(=O)c1cc(C)ccc1C. The molecule has 1 aliphatic rings. The maximum atomic E-state index is 13.2. The molecule has 0 unspecified atom stereocenters. The molecule has 0 spiro atoms. The lowest BCUT2D eigenvalue weighted by Gasteiger charge is -2.37. The van der Waals surface area contributed by atoms with Crippen LogP contribution in [0.25, 0.3) is 0 Å². The summed E-state index contributed by atoms with van der Waals surface area (Å²) in [5.41, 5.74) is 2.56. The molecule has 0 bridgehead atoms. The quantitative estimate of drug-likeness (QED) is 0.655. The lowest BCUT2D eigenvalue weighted by molar-refractivity contribution is -0.131. The van der Waals surface area contributed by atoms with E-state index in [1.54, 1.807) is 38.0 Å². The Morgan fingerprint density at radius 3 is 2.39 bits per heavy atom. The number of anilines is 1. The number of hydrogen-bond donors (Lipinski definition) is 0. The minimum absolute atomic E-state index is 0.152. The highest BCUT2D eigenvalue weighted by Gasteiger charge is 2.30. The number of benzene rings is 2. The van der Waals surface area contributed by atoms with Crippen molar-refractivity contribution in [1.82, 2.24) is 9.21 Å². The van der Waals surface area contributed by atoms with Crippen LogP contribution < -0.4 is 9.64 Å². The van der Waals surface area contributed by atoms with Gasteiger partial charge in [0, 0.05) is 32.7 Å². The number of ether oxygens (including phenoxy) is 1. The van der Waals surface area contributed by atoms with Gasteiger partial charge in [0.2, 0.25) is 15.9 Å². The Balaban J connectivity index is 1.67. The zero-order valence-electron chi connectivity index (χ0n) is 18.7. The highest BCUT2D eigenvalue weighted by molar-refractivity contribution is 7.89. The summed E-state index contributed by atoms with van der Waals surface area (Å²) in [7, 11) is -2.09. The summed E-state index contributed by atoms with van der Waals surface area (Å²) in [6.07, 6.45) is 0. The van der Waals surface area contributed by atoms with Gasteiger partial charge in [-0.3, -0.25) is 4.79 Å². The third-order valence-electron chi connectivity index (χ3n) is 5.68. The molecule has 0 aromatic heterocycles. The molecule has 1 heterocycles. The number of aryl methyl sites for hydroxylation is 2. The second-order valence-electron chi connectivity index (χ2n) is 7.74. The van der Waals surface area contributed by atoms with Crippen LogP contribution in [-0.2, 0) is 14.8 Å². The average molecular weight is 446 g/mol. The van der Waals surface area contributed by atoms with Gasteiger partial charge in [0.15, 0.2) is 0 Å². The van der Waals surface area contributed by atoms with Gasteiger partial charge in [0.25, 0.3) is 0 Å². The number of methoxy groups -OCH3 is 1. The fourth-order valence-electron chi connectivity index (χ4n) is 3.83. The molecular formula is C23H31N3O4S. The number of para-hydroxylation sites is 2. The summed E-state index contributed by atoms with van der Waals surface area (Å²) < 4.78 is 33.1. The Morgan fingerprint density at radius 1 is 1.06 bits per heavy atom. The summed E-state index contributed by atoms with van der Waals surface area (Å²) >= 11 is 0. The minimum atomic E-state index is -3.74. The average Bonchev–Trinajstić information content (AvgIpc) is 2.78. The number of sulfonamides is 1. The monoisotopic (exact) mass is 445 g/mol. The highest BCUT2D eigenvalue weighted by atomic mass is 32.2. The fraction of sp³-hybridized carbons (Fsp3) is 0.435. The highest BCUT2D eigenvalue weighted by Crippen LogP contribution is 2.28. The first-order chi connectivity index (χ1) is 14.8. The van der Waals surface area contributed by atoms with E-state index in [4.69, 9.17) is 4.74 Å². The van der Waals surface area contributed by atoms with Crippen molar-refractivity contribution in [3.05, 3.63) is 53.6 Å². The number of hydrogen-bond acceptors (Lipinski definition) is 5. The minimum Gasteiger partial charge on any atom is -0.495 e. The van der Waals surface area contributed by atoms with Crippen molar-refractivity contribution in [1.29, 1.82) is 0 Å². The zero-order valence-corrected chi connectivity index (χ0v) is 19.5. The van der Waals surface area contributed by atoms with Gasteiger partial charge >= 0.3 is 0 Å². The maximum absolute atomic E-state index is 13.2. The van der Waals surface area contributed by atoms with Crippen LogP contribution in [0.4, 0.5) is 5.69 Å². The van der Waals surface area contributed by atoms with Crippen molar-refractivity contribution in [3.63, 3.8) is 0 Å². The molecule has 0 N–H and O–H groups in total. The Kier molecular flexibility index (Phi) is 7.23. The van der Waals surface area contributed by atoms with Crippen molar-refractivity contribution in [2.24, 2.45) is 0 Å². The van der Waals surface area contributed by atoms with E-state index >= 15 is 0 Å². The van der Waals surface area contributed by atoms with Crippen LogP contribution >= 0.6 is 0 Å². The van der Waals surface area contributed by atoms with E-state index < -0.39 is 10.0 Å². The van der Waals surface area contributed by atoms with Crippen LogP contribution in [0.15, 0.2) is 47.4 Å². The molecular weight excluding hydrogens is 414 g/mol. The third-order valence-corrected chi connectivity index (χ3v) is 7.75. The van der Waals surface area contributed by atoms with Crippen molar-refractivity contribution >= 4 is 21.6 Å². The first-order valence-corrected chi connectivity index (χ1v) is 11.9. The predicted molar refractivity (Wildman–Crippen MR) is 122 cm³/mol. The molecule has 0 aliphatic carbocycles. The van der Waals surface area contributed by atoms with Crippen molar-refractivity contribution in [2.45, 2.75) is 25.7 Å². The Labute approximate surface area is 185 Å². The summed E-state index contributed by atoms with van der Waals surface area (Å²) in [6.45, 7) is 7.90. The van der Waals surface area contributed by atoms with Gasteiger partial charge in [-0.25, -0.2) is 8.42 Å². The first-order valence-electron chi connectivity index (χ1n) is 10.5. The normalized spacial score (nSPS) is 14.7. The standard InChI is InChI=1S/C23H31N3O4S/c1-5-26(31(28,29)22-16-18(2)10-11-19(22)3)17-23(27)25-14-12-24(13-15-25)20-8-6-7-9-21(20)30-4/h6-11,16H,5,12-15,17H2,1-4H3. The van der Waals surface area contributed by atoms with Gasteiger partial charge in [-0.1, -0.05) is 31.2 Å². The molecule has 2 aromatic rings. The van der Waals surface area contributed by atoms with E-state index in [1.165, 1.54) is 4.31 Å². The number of piperazine rings is 1. The smallest absolute Gasteiger partial charge is 0.243 e. The van der Waals surface area contributed by atoms with Crippen LogP contribution in [0.3, 0.4) is 0 Å². The fourth-order valence-corrected chi connectivity index (χ4v) is 5.54. The van der Waals surface area contributed by atoms with E-state index in [2.05, 4.69) is 4.90 Å². The molecule has 2 aromatic carbocycles. The van der Waals surface area contributed by atoms with Gasteiger partial charge in [-0.2, -0.15) is 4.31 Å². The second kappa shape index (κ2) is 9.70. The molecule has 0 atom stereocenters. The van der Waals surface area contributed by atoms with Crippen LogP contribution in [0.1, 0.15) is 18.1 Å². The lowest BCUT2D eigenvalue weighted by atomic mass is 10.2. The van der Waals surface area contributed by atoms with E-state index in [-0.39, 0.29) is 23.9 Å². The van der Waals surface area contributed by atoms with Crippen LogP contribution in [0.5, 0.6) is 5.75 Å². The largest absolute Gasteiger partial charge is 0.495 e. The number of likely N-dealkylation sites (N-methyl/N-ethyl adjacent to an activating group) is 1. The van der Waals surface area contributed by atoms with E-state index in [0.29, 0.717) is 31.7 Å². The van der Waals surface area contributed by atoms with Crippen LogP contribution in [0.2, 0.25) is 0 Å². The van der Waals surface area contributed by atoms with Crippen LogP contribution in [-0.4, -0.2) is 69.9 Å². The zero-order chi connectivity index (χ0) is 22.6. The van der Waals surface area contributed by atoms with Gasteiger partial charge in [-0.15, -0.1) is 0 Å². The summed E-state index contributed by atoms with van der Waals surface area (Å²) in [4.78, 5) is 17.1. The molecule has 0 radical (unpaired) electrons. The summed E-state index contributed by atoms with van der Waals surface area (Å²) in [5, 5.41) is 0. The summed E-state index contributed by atoms with van der Waals surface area (Å²) in [5.74, 6) is 0.634. The molecule has 31 heavy (non-hydrogen) atoms. The number of amides is 1. The van der Waals surface area contributed by atoms with Crippen molar-refractivity contribution in [2.75, 3.05) is 51.3 Å². The van der Waals surface area contributed by atoms with Gasteiger partial charge in [0.1, 0.15) is 5.75 Å². The molecule has 7 nitrogen and oxygen atoms in total. The van der Waals surface area contributed by atoms with Gasteiger partial charge in [0.05, 0.1) is 24.2 Å². The Bertz CT molecular complexity index is 1030. The van der Waals surface area contributed by atoms with Gasteiger partial charge < -0.3 is 14.5 Å². The van der Waals surface area contributed by atoms with E-state index in [9.17, 15) is 13.2 Å². The molecule has 3 rings (SSSR count). The predicted octanol–water partition coefficient (Wildman–Crippen LogP) is 2.67. The second-order valence-corrected chi connectivity index (χ2v) is 9.65. The topological polar surface area (TPSA) is 70.2 Å². The molecule has 1 amide bonds. The number of nitrogens with zero attached hydrogens (tertiary/aromatic N) is 3. The number of rotatable bonds is 7. The molecule has 0 saturated carbocycles. The van der Waals surface area contributed by atoms with Crippen molar-refractivity contribution in [3.8, 4) is 5.75 Å². The van der Waals surface area contributed by atoms with E-state index in [0.717, 1.165) is 17.0 Å². The Hall–Kier alpha value is -2.58. The van der Waals surface area contributed by atoms with Crippen LogP contribution in [0, 0.1) is 13.8 Å². The Morgan fingerprint density at radius 2 is 1.74 bits per heavy atom. The molecule has 1 fully saturated rings. The molecule has 1 saturated heterocycles. The van der Waals surface area contributed by atoms with E-state index in [1.807, 2.05) is 37.3 Å². The molecule has 168 valence electrons. The number of carbonyl (C=O) groups is 1. The van der Waals surface area contributed by atoms with Crippen molar-refractivity contribution < 1.29 is 17.9 Å². The summed E-state index contributed by atoms with van der Waals surface area (Å²) in [6, 6.07) is 13.2. The third kappa shape index (κ3) is 5.02. The molecule has 8 heteroatoms. The maximum Gasteiger partial charge on any atom is 0.243 e. The number of carbonyl (C=O) groups excluding carboxylic acids is 1. The first kappa shape index (κ1) is 23.1. The lowest BCUT2D eigenvalue weighted by Crippen LogP contribution is -2.52. The molecule has 1 aliphatic heterocycles.